The Hall–Kier alpha value is -3.52. The Morgan fingerprint density at radius 2 is 1.70 bits per heavy atom. The van der Waals surface area contributed by atoms with E-state index in [1.54, 1.807) is 37.7 Å². The fourth-order valence-corrected chi connectivity index (χ4v) is 3.42. The number of rotatable bonds is 11. The molecule has 202 valence electrons. The van der Waals surface area contributed by atoms with Crippen LogP contribution in [0.1, 0.15) is 65.5 Å². The minimum absolute atomic E-state index is 0.170. The van der Waals surface area contributed by atoms with Crippen molar-refractivity contribution in [2.45, 2.75) is 60.5 Å². The Morgan fingerprint density at radius 1 is 1.11 bits per heavy atom. The molecule has 0 aliphatic carbocycles. The van der Waals surface area contributed by atoms with Crippen molar-refractivity contribution in [2.75, 3.05) is 13.2 Å². The quantitative estimate of drug-likeness (QED) is 0.316. The number of hydrogen-bond acceptors (Lipinski definition) is 7. The first-order chi connectivity index (χ1) is 17.5. The summed E-state index contributed by atoms with van der Waals surface area (Å²) in [7, 11) is 0. The summed E-state index contributed by atoms with van der Waals surface area (Å²) in [6, 6.07) is 9.52. The van der Waals surface area contributed by atoms with Crippen molar-refractivity contribution in [3.8, 4) is 0 Å². The van der Waals surface area contributed by atoms with Gasteiger partial charge in [-0.25, -0.2) is 4.39 Å². The summed E-state index contributed by atoms with van der Waals surface area (Å²) >= 11 is 0. The summed E-state index contributed by atoms with van der Waals surface area (Å²) in [5.41, 5.74) is 8.91. The highest BCUT2D eigenvalue weighted by Gasteiger charge is 2.22. The van der Waals surface area contributed by atoms with Crippen molar-refractivity contribution in [3.05, 3.63) is 78.0 Å². The Labute approximate surface area is 219 Å². The lowest BCUT2D eigenvalue weighted by Gasteiger charge is -2.32. The van der Waals surface area contributed by atoms with Crippen LogP contribution in [-0.2, 0) is 14.3 Å². The van der Waals surface area contributed by atoms with Crippen molar-refractivity contribution >= 4 is 23.1 Å². The summed E-state index contributed by atoms with van der Waals surface area (Å²) in [5, 5.41) is 10.5. The second-order valence-corrected chi connectivity index (χ2v) is 9.33. The van der Waals surface area contributed by atoms with E-state index in [1.165, 1.54) is 18.2 Å². The number of esters is 1. The van der Waals surface area contributed by atoms with Crippen LogP contribution in [0.4, 0.5) is 4.39 Å². The number of benzene rings is 1. The van der Waals surface area contributed by atoms with E-state index >= 15 is 0 Å². The van der Waals surface area contributed by atoms with Gasteiger partial charge in [0.25, 0.3) is 0 Å². The topological polar surface area (TPSA) is 106 Å². The number of ketones is 1. The van der Waals surface area contributed by atoms with Gasteiger partial charge in [-0.3, -0.25) is 14.6 Å². The molecule has 0 radical (unpaired) electrons. The number of carbonyl (C=O) groups is 2. The van der Waals surface area contributed by atoms with Crippen molar-refractivity contribution in [2.24, 2.45) is 11.1 Å². The first-order valence-corrected chi connectivity index (χ1v) is 12.5. The van der Waals surface area contributed by atoms with E-state index in [0.29, 0.717) is 23.5 Å². The lowest BCUT2D eigenvalue weighted by atomic mass is 9.94. The Morgan fingerprint density at radius 3 is 2.24 bits per heavy atom. The maximum Gasteiger partial charge on any atom is 0.313 e. The third-order valence-corrected chi connectivity index (χ3v) is 4.87. The number of ether oxygens (including phenoxy) is 1. The van der Waals surface area contributed by atoms with Gasteiger partial charge < -0.3 is 20.5 Å². The van der Waals surface area contributed by atoms with Crippen molar-refractivity contribution in [1.29, 1.82) is 0 Å². The predicted molar refractivity (Wildman–Crippen MR) is 145 cm³/mol. The first-order valence-electron chi connectivity index (χ1n) is 12.5. The van der Waals surface area contributed by atoms with Gasteiger partial charge in [-0.05, 0) is 60.4 Å². The Kier molecular flexibility index (Phi) is 13.3. The average Bonchev–Trinajstić information content (AvgIpc) is 2.84. The van der Waals surface area contributed by atoms with Crippen LogP contribution in [0.5, 0.6) is 0 Å². The molecule has 0 saturated heterocycles. The zero-order valence-electron chi connectivity index (χ0n) is 22.7. The molecule has 0 saturated carbocycles. The molecular formula is C29H40FN3O4. The molecule has 0 spiro atoms. The molecule has 1 aromatic heterocycles. The van der Waals surface area contributed by atoms with Crippen LogP contribution in [0.25, 0.3) is 11.4 Å². The van der Waals surface area contributed by atoms with Crippen LogP contribution in [0.3, 0.4) is 0 Å². The Bertz CT molecular complexity index is 1050. The SMILES string of the molecule is CC.CCOC(=O)CC(=O)CC(O)/C=C/N(CC(C)(C)C)/C(=C(\N)c1ccc(F)cc1)c1ccncc1. The summed E-state index contributed by atoms with van der Waals surface area (Å²) in [6.07, 6.45) is 4.76. The highest BCUT2D eigenvalue weighted by atomic mass is 19.1. The van der Waals surface area contributed by atoms with Crippen LogP contribution >= 0.6 is 0 Å². The van der Waals surface area contributed by atoms with E-state index in [-0.39, 0.29) is 30.7 Å². The summed E-state index contributed by atoms with van der Waals surface area (Å²) in [5.74, 6) is -1.40. The highest BCUT2D eigenvalue weighted by Crippen LogP contribution is 2.30. The molecule has 1 unspecified atom stereocenters. The minimum atomic E-state index is -1.11. The highest BCUT2D eigenvalue weighted by molar-refractivity contribution is 5.95. The third-order valence-electron chi connectivity index (χ3n) is 4.87. The molecule has 0 aliphatic rings. The number of aliphatic hydroxyl groups is 1. The normalized spacial score (nSPS) is 12.8. The molecule has 3 N–H and O–H groups in total. The molecule has 0 fully saturated rings. The van der Waals surface area contributed by atoms with Crippen LogP contribution in [0.2, 0.25) is 0 Å². The molecule has 1 heterocycles. The average molecular weight is 514 g/mol. The zero-order valence-corrected chi connectivity index (χ0v) is 22.7. The first kappa shape index (κ1) is 31.5. The van der Waals surface area contributed by atoms with E-state index in [1.807, 2.05) is 30.9 Å². The number of pyridine rings is 1. The third kappa shape index (κ3) is 11.4. The summed E-state index contributed by atoms with van der Waals surface area (Å²) in [4.78, 5) is 29.6. The number of carbonyl (C=O) groups excluding carboxylic acids is 2. The van der Waals surface area contributed by atoms with Crippen LogP contribution in [-0.4, -0.2) is 46.0 Å². The van der Waals surface area contributed by atoms with Gasteiger partial charge in [-0.15, -0.1) is 0 Å². The van der Waals surface area contributed by atoms with E-state index in [4.69, 9.17) is 10.5 Å². The van der Waals surface area contributed by atoms with Crippen molar-refractivity contribution < 1.29 is 23.8 Å². The molecule has 0 bridgehead atoms. The maximum atomic E-state index is 13.5. The maximum absolute atomic E-state index is 13.5. The number of halogens is 1. The molecule has 37 heavy (non-hydrogen) atoms. The number of aromatic nitrogens is 1. The van der Waals surface area contributed by atoms with Crippen molar-refractivity contribution in [1.82, 2.24) is 9.88 Å². The second kappa shape index (κ2) is 15.6. The zero-order chi connectivity index (χ0) is 28.0. The summed E-state index contributed by atoms with van der Waals surface area (Å²) < 4.78 is 18.3. The monoisotopic (exact) mass is 513 g/mol. The molecule has 1 atom stereocenters. The van der Waals surface area contributed by atoms with Gasteiger partial charge in [0.1, 0.15) is 18.0 Å². The molecule has 1 aromatic carbocycles. The number of hydrogen-bond donors (Lipinski definition) is 2. The minimum Gasteiger partial charge on any atom is -0.466 e. The Balaban J connectivity index is 0.00000334. The van der Waals surface area contributed by atoms with Gasteiger partial charge in [0.2, 0.25) is 0 Å². The smallest absolute Gasteiger partial charge is 0.313 e. The molecule has 2 aromatic rings. The molecule has 0 amide bonds. The van der Waals surface area contributed by atoms with Gasteiger partial charge in [0.05, 0.1) is 24.1 Å². The van der Waals surface area contributed by atoms with Gasteiger partial charge in [-0.1, -0.05) is 34.6 Å². The van der Waals surface area contributed by atoms with Gasteiger partial charge in [0, 0.05) is 37.1 Å². The number of aliphatic hydroxyl groups excluding tert-OH is 1. The van der Waals surface area contributed by atoms with E-state index in [9.17, 15) is 19.1 Å². The van der Waals surface area contributed by atoms with Crippen LogP contribution in [0, 0.1) is 11.2 Å². The molecule has 2 rings (SSSR count). The van der Waals surface area contributed by atoms with Gasteiger partial charge >= 0.3 is 5.97 Å². The summed E-state index contributed by atoms with van der Waals surface area (Å²) in [6.45, 7) is 12.6. The van der Waals surface area contributed by atoms with Crippen LogP contribution < -0.4 is 5.73 Å². The standard InChI is InChI=1S/C27H34FN3O4.C2H6/c1-5-35-24(34)17-23(33)16-22(32)12-15-31(18-27(2,3)4)26(20-10-13-30-14-11-20)25(29)19-6-8-21(28)9-7-19;1-2/h6-15,22,32H,5,16-18,29H2,1-4H3;1-2H3/b15-12+,26-25-;. The second-order valence-electron chi connectivity index (χ2n) is 9.33. The lowest BCUT2D eigenvalue weighted by molar-refractivity contribution is -0.145. The predicted octanol–water partition coefficient (Wildman–Crippen LogP) is 5.17. The number of nitrogens with zero attached hydrogens (tertiary/aromatic N) is 2. The fraction of sp³-hybridized carbons (Fsp3) is 0.414. The molecular weight excluding hydrogens is 473 g/mol. The van der Waals surface area contributed by atoms with Crippen LogP contribution in [0.15, 0.2) is 61.1 Å². The molecule has 7 nitrogen and oxygen atoms in total. The van der Waals surface area contributed by atoms with E-state index in [2.05, 4.69) is 25.8 Å². The van der Waals surface area contributed by atoms with E-state index < -0.39 is 17.9 Å². The largest absolute Gasteiger partial charge is 0.466 e. The van der Waals surface area contributed by atoms with Gasteiger partial charge in [0.15, 0.2) is 0 Å². The number of Topliss-reactive ketones (excluding diaryl/α,β-unsaturated/α-hetero) is 1. The van der Waals surface area contributed by atoms with E-state index in [0.717, 1.165) is 5.56 Å². The number of nitrogens with two attached hydrogens (primary N) is 1. The molecule has 8 heteroatoms. The fourth-order valence-electron chi connectivity index (χ4n) is 3.42. The van der Waals surface area contributed by atoms with Gasteiger partial charge in [-0.2, -0.15) is 0 Å². The lowest BCUT2D eigenvalue weighted by Crippen LogP contribution is -2.29. The van der Waals surface area contributed by atoms with Crippen molar-refractivity contribution in [3.63, 3.8) is 0 Å². The molecule has 0 aliphatic heterocycles.